The predicted octanol–water partition coefficient (Wildman–Crippen LogP) is 3.19. The summed E-state index contributed by atoms with van der Waals surface area (Å²) in [6.07, 6.45) is 1.60. The molecule has 2 aromatic heterocycles. The molecule has 114 valence electrons. The second kappa shape index (κ2) is 6.15. The van der Waals surface area contributed by atoms with Crippen LogP contribution in [0.4, 0.5) is 5.82 Å². The molecule has 22 heavy (non-hydrogen) atoms. The number of fused-ring (bicyclic) bond motifs is 1. The van der Waals surface area contributed by atoms with E-state index in [1.54, 1.807) is 6.33 Å². The summed E-state index contributed by atoms with van der Waals surface area (Å²) >= 11 is 0. The Kier molecular flexibility index (Phi) is 4.06. The summed E-state index contributed by atoms with van der Waals surface area (Å²) in [5, 5.41) is 4.51. The van der Waals surface area contributed by atoms with Crippen LogP contribution < -0.4 is 5.32 Å². The van der Waals surface area contributed by atoms with E-state index in [4.69, 9.17) is 0 Å². The standard InChI is InChI=1S/C17H21N5/c1-12(13-7-5-4-6-8-13)20-16-15-9-14(10-22(2)3)21-17(15)19-11-18-16/h4-9,11-12H,10H2,1-3H3,(H2,18,19,20,21)/t12-/m1/s1. The van der Waals surface area contributed by atoms with Gasteiger partial charge < -0.3 is 15.2 Å². The second-order valence-electron chi connectivity index (χ2n) is 5.79. The van der Waals surface area contributed by atoms with Crippen molar-refractivity contribution in [2.24, 2.45) is 0 Å². The number of nitrogens with one attached hydrogen (secondary N) is 2. The Balaban J connectivity index is 1.88. The Labute approximate surface area is 130 Å². The lowest BCUT2D eigenvalue weighted by Crippen LogP contribution is -2.10. The van der Waals surface area contributed by atoms with Crippen LogP contribution in [0.25, 0.3) is 11.0 Å². The summed E-state index contributed by atoms with van der Waals surface area (Å²) in [4.78, 5) is 14.2. The van der Waals surface area contributed by atoms with Crippen molar-refractivity contribution in [1.29, 1.82) is 0 Å². The number of rotatable bonds is 5. The van der Waals surface area contributed by atoms with Crippen LogP contribution in [-0.2, 0) is 6.54 Å². The molecule has 0 aliphatic carbocycles. The van der Waals surface area contributed by atoms with Crippen molar-refractivity contribution < 1.29 is 0 Å². The molecular weight excluding hydrogens is 274 g/mol. The van der Waals surface area contributed by atoms with Crippen molar-refractivity contribution >= 4 is 16.9 Å². The molecule has 0 radical (unpaired) electrons. The summed E-state index contributed by atoms with van der Waals surface area (Å²) < 4.78 is 0. The maximum atomic E-state index is 4.41. The lowest BCUT2D eigenvalue weighted by atomic mass is 10.1. The quantitative estimate of drug-likeness (QED) is 0.759. The third-order valence-corrected chi connectivity index (χ3v) is 3.62. The first-order chi connectivity index (χ1) is 10.6. The Hall–Kier alpha value is -2.40. The van der Waals surface area contributed by atoms with Crippen LogP contribution in [0.3, 0.4) is 0 Å². The van der Waals surface area contributed by atoms with Crippen LogP contribution in [0, 0.1) is 0 Å². The Morgan fingerprint density at radius 1 is 1.18 bits per heavy atom. The molecule has 0 saturated heterocycles. The van der Waals surface area contributed by atoms with E-state index in [-0.39, 0.29) is 6.04 Å². The van der Waals surface area contributed by atoms with Gasteiger partial charge in [0, 0.05) is 18.3 Å². The Morgan fingerprint density at radius 2 is 1.95 bits per heavy atom. The topological polar surface area (TPSA) is 56.8 Å². The van der Waals surface area contributed by atoms with E-state index < -0.39 is 0 Å². The molecule has 0 aliphatic heterocycles. The van der Waals surface area contributed by atoms with Gasteiger partial charge in [0.1, 0.15) is 17.8 Å². The van der Waals surface area contributed by atoms with E-state index in [1.807, 2.05) is 20.2 Å². The molecular formula is C17H21N5. The van der Waals surface area contributed by atoms with Gasteiger partial charge in [0.15, 0.2) is 0 Å². The van der Waals surface area contributed by atoms with Crippen molar-refractivity contribution in [3.05, 3.63) is 54.0 Å². The summed E-state index contributed by atoms with van der Waals surface area (Å²) in [6.45, 7) is 2.99. The number of anilines is 1. The number of hydrogen-bond acceptors (Lipinski definition) is 4. The molecule has 2 N–H and O–H groups in total. The van der Waals surface area contributed by atoms with E-state index >= 15 is 0 Å². The molecule has 0 saturated carbocycles. The summed E-state index contributed by atoms with van der Waals surface area (Å²) in [5.41, 5.74) is 3.24. The first kappa shape index (κ1) is 14.5. The third-order valence-electron chi connectivity index (χ3n) is 3.62. The first-order valence-corrected chi connectivity index (χ1v) is 7.42. The van der Waals surface area contributed by atoms with Gasteiger partial charge in [0.25, 0.3) is 0 Å². The number of H-pyrrole nitrogens is 1. The molecule has 0 aliphatic rings. The van der Waals surface area contributed by atoms with Gasteiger partial charge in [-0.1, -0.05) is 30.3 Å². The van der Waals surface area contributed by atoms with Crippen LogP contribution in [0.2, 0.25) is 0 Å². The zero-order valence-electron chi connectivity index (χ0n) is 13.2. The Morgan fingerprint density at radius 3 is 2.68 bits per heavy atom. The SMILES string of the molecule is C[C@@H](Nc1ncnc2[nH]c(CN(C)C)cc12)c1ccccc1. The van der Waals surface area contributed by atoms with E-state index in [2.05, 4.69) is 62.4 Å². The molecule has 0 spiro atoms. The normalized spacial score (nSPS) is 12.7. The minimum absolute atomic E-state index is 0.187. The van der Waals surface area contributed by atoms with Gasteiger partial charge >= 0.3 is 0 Å². The average Bonchev–Trinajstić information content (AvgIpc) is 2.90. The van der Waals surface area contributed by atoms with Crippen LogP contribution in [-0.4, -0.2) is 33.9 Å². The zero-order valence-corrected chi connectivity index (χ0v) is 13.2. The van der Waals surface area contributed by atoms with E-state index in [9.17, 15) is 0 Å². The maximum Gasteiger partial charge on any atom is 0.143 e. The summed E-state index contributed by atoms with van der Waals surface area (Å²) in [7, 11) is 4.10. The average molecular weight is 295 g/mol. The van der Waals surface area contributed by atoms with Gasteiger partial charge in [-0.25, -0.2) is 9.97 Å². The van der Waals surface area contributed by atoms with Crippen LogP contribution in [0.15, 0.2) is 42.7 Å². The van der Waals surface area contributed by atoms with E-state index in [0.717, 1.165) is 29.1 Å². The fourth-order valence-corrected chi connectivity index (χ4v) is 2.57. The van der Waals surface area contributed by atoms with Gasteiger partial charge in [-0.15, -0.1) is 0 Å². The molecule has 0 bridgehead atoms. The number of aromatic nitrogens is 3. The highest BCUT2D eigenvalue weighted by atomic mass is 15.1. The van der Waals surface area contributed by atoms with Crippen molar-refractivity contribution in [3.63, 3.8) is 0 Å². The fourth-order valence-electron chi connectivity index (χ4n) is 2.57. The summed E-state index contributed by atoms with van der Waals surface area (Å²) in [5.74, 6) is 0.864. The molecule has 5 heteroatoms. The van der Waals surface area contributed by atoms with Crippen LogP contribution >= 0.6 is 0 Å². The number of hydrogen-bond donors (Lipinski definition) is 2. The highest BCUT2D eigenvalue weighted by molar-refractivity contribution is 5.87. The van der Waals surface area contributed by atoms with Crippen LogP contribution in [0.1, 0.15) is 24.2 Å². The van der Waals surface area contributed by atoms with Crippen molar-refractivity contribution in [1.82, 2.24) is 19.9 Å². The van der Waals surface area contributed by atoms with E-state index in [1.165, 1.54) is 5.56 Å². The van der Waals surface area contributed by atoms with Gasteiger partial charge in [0.2, 0.25) is 0 Å². The Bertz CT molecular complexity index is 748. The number of benzene rings is 1. The molecule has 2 heterocycles. The molecule has 1 aromatic carbocycles. The molecule has 5 nitrogen and oxygen atoms in total. The zero-order chi connectivity index (χ0) is 15.5. The molecule has 0 unspecified atom stereocenters. The molecule has 3 aromatic rings. The monoisotopic (exact) mass is 295 g/mol. The largest absolute Gasteiger partial charge is 0.363 e. The highest BCUT2D eigenvalue weighted by Gasteiger charge is 2.11. The minimum atomic E-state index is 0.187. The second-order valence-corrected chi connectivity index (χ2v) is 5.79. The number of nitrogens with zero attached hydrogens (tertiary/aromatic N) is 3. The van der Waals surface area contributed by atoms with Crippen molar-refractivity contribution in [2.75, 3.05) is 19.4 Å². The first-order valence-electron chi connectivity index (χ1n) is 7.42. The predicted molar refractivity (Wildman–Crippen MR) is 89.8 cm³/mol. The molecule has 3 rings (SSSR count). The highest BCUT2D eigenvalue weighted by Crippen LogP contribution is 2.24. The van der Waals surface area contributed by atoms with E-state index in [0.29, 0.717) is 0 Å². The van der Waals surface area contributed by atoms with Crippen LogP contribution in [0.5, 0.6) is 0 Å². The molecule has 1 atom stereocenters. The summed E-state index contributed by atoms with van der Waals surface area (Å²) in [6, 6.07) is 12.7. The lowest BCUT2D eigenvalue weighted by molar-refractivity contribution is 0.398. The van der Waals surface area contributed by atoms with Gasteiger partial charge in [-0.05, 0) is 32.6 Å². The lowest BCUT2D eigenvalue weighted by Gasteiger charge is -2.15. The van der Waals surface area contributed by atoms with Crippen molar-refractivity contribution in [2.45, 2.75) is 19.5 Å². The van der Waals surface area contributed by atoms with Gasteiger partial charge in [-0.3, -0.25) is 0 Å². The third kappa shape index (κ3) is 3.09. The minimum Gasteiger partial charge on any atom is -0.363 e. The number of aromatic amines is 1. The maximum absolute atomic E-state index is 4.41. The van der Waals surface area contributed by atoms with Gasteiger partial charge in [0.05, 0.1) is 5.39 Å². The fraction of sp³-hybridized carbons (Fsp3) is 0.294. The van der Waals surface area contributed by atoms with Gasteiger partial charge in [-0.2, -0.15) is 0 Å². The smallest absolute Gasteiger partial charge is 0.143 e. The molecule has 0 amide bonds. The van der Waals surface area contributed by atoms with Crippen molar-refractivity contribution in [3.8, 4) is 0 Å². The molecule has 0 fully saturated rings.